The summed E-state index contributed by atoms with van der Waals surface area (Å²) in [6, 6.07) is 8.13. The highest BCUT2D eigenvalue weighted by Gasteiger charge is 2.31. The Morgan fingerprint density at radius 1 is 0.952 bits per heavy atom. The molecule has 0 spiro atoms. The molecule has 7 nitrogen and oxygen atoms in total. The molecule has 1 saturated heterocycles. The van der Waals surface area contributed by atoms with Gasteiger partial charge >= 0.3 is 11.4 Å². The fraction of sp³-hybridized carbons (Fsp3) is 0.286. The maximum Gasteiger partial charge on any atom is 0.353 e. The van der Waals surface area contributed by atoms with Crippen LogP contribution in [0.4, 0.5) is 17.1 Å². The van der Waals surface area contributed by atoms with Gasteiger partial charge in [0.05, 0.1) is 20.9 Å². The SMILES string of the molecule is O=[N+]([O-])c1cc(N2CCCC2)c2ccccc2c1[N+](=O)[O-]. The summed E-state index contributed by atoms with van der Waals surface area (Å²) < 4.78 is 0. The molecular formula is C14H13N3O4. The third kappa shape index (κ3) is 2.16. The van der Waals surface area contributed by atoms with Gasteiger partial charge in [0.25, 0.3) is 0 Å². The third-order valence-electron chi connectivity index (χ3n) is 3.80. The Bertz CT molecular complexity index is 738. The molecule has 0 saturated carbocycles. The minimum Gasteiger partial charge on any atom is -0.371 e. The first kappa shape index (κ1) is 13.3. The van der Waals surface area contributed by atoms with E-state index in [-0.39, 0.29) is 0 Å². The Hall–Kier alpha value is -2.70. The van der Waals surface area contributed by atoms with Crippen molar-refractivity contribution in [3.8, 4) is 0 Å². The van der Waals surface area contributed by atoms with Gasteiger partial charge in [0.15, 0.2) is 0 Å². The monoisotopic (exact) mass is 287 g/mol. The Morgan fingerprint density at radius 3 is 2.14 bits per heavy atom. The van der Waals surface area contributed by atoms with E-state index in [4.69, 9.17) is 0 Å². The highest BCUT2D eigenvalue weighted by molar-refractivity contribution is 6.03. The van der Waals surface area contributed by atoms with Gasteiger partial charge in [-0.3, -0.25) is 20.2 Å². The zero-order chi connectivity index (χ0) is 15.0. The molecule has 0 aliphatic carbocycles. The lowest BCUT2D eigenvalue weighted by atomic mass is 10.0. The largest absolute Gasteiger partial charge is 0.371 e. The highest BCUT2D eigenvalue weighted by atomic mass is 16.6. The van der Waals surface area contributed by atoms with Gasteiger partial charge in [-0.05, 0) is 18.9 Å². The van der Waals surface area contributed by atoms with Crippen LogP contribution in [0.5, 0.6) is 0 Å². The summed E-state index contributed by atoms with van der Waals surface area (Å²) in [7, 11) is 0. The van der Waals surface area contributed by atoms with Gasteiger partial charge in [-0.2, -0.15) is 0 Å². The van der Waals surface area contributed by atoms with Crippen molar-refractivity contribution in [1.29, 1.82) is 0 Å². The van der Waals surface area contributed by atoms with Crippen molar-refractivity contribution in [2.45, 2.75) is 12.8 Å². The average molecular weight is 287 g/mol. The summed E-state index contributed by atoms with van der Waals surface area (Å²) in [6.07, 6.45) is 2.05. The minimum absolute atomic E-state index is 0.318. The number of nitrogens with zero attached hydrogens (tertiary/aromatic N) is 3. The van der Waals surface area contributed by atoms with Gasteiger partial charge in [-0.25, -0.2) is 0 Å². The van der Waals surface area contributed by atoms with E-state index in [1.807, 2.05) is 0 Å². The molecule has 1 aliphatic heterocycles. The number of anilines is 1. The molecule has 2 aromatic carbocycles. The third-order valence-corrected chi connectivity index (χ3v) is 3.80. The molecule has 21 heavy (non-hydrogen) atoms. The summed E-state index contributed by atoms with van der Waals surface area (Å²) in [5.74, 6) is 0. The number of rotatable bonds is 3. The Kier molecular flexibility index (Phi) is 3.17. The first-order chi connectivity index (χ1) is 10.1. The van der Waals surface area contributed by atoms with E-state index in [0.29, 0.717) is 16.5 Å². The van der Waals surface area contributed by atoms with Crippen LogP contribution in [0.2, 0.25) is 0 Å². The molecule has 2 aromatic rings. The first-order valence-electron chi connectivity index (χ1n) is 6.69. The average Bonchev–Trinajstić information content (AvgIpc) is 2.99. The molecule has 0 radical (unpaired) electrons. The Morgan fingerprint density at radius 2 is 1.57 bits per heavy atom. The van der Waals surface area contributed by atoms with Crippen LogP contribution in [0.25, 0.3) is 10.8 Å². The number of fused-ring (bicyclic) bond motifs is 1. The van der Waals surface area contributed by atoms with Gasteiger partial charge in [0, 0.05) is 24.5 Å². The van der Waals surface area contributed by atoms with Crippen LogP contribution < -0.4 is 4.90 Å². The molecule has 0 unspecified atom stereocenters. The van der Waals surface area contributed by atoms with E-state index in [2.05, 4.69) is 4.90 Å². The van der Waals surface area contributed by atoms with E-state index in [1.165, 1.54) is 6.07 Å². The molecule has 1 aliphatic rings. The lowest BCUT2D eigenvalue weighted by Crippen LogP contribution is -2.18. The van der Waals surface area contributed by atoms with Crippen LogP contribution in [0.15, 0.2) is 30.3 Å². The topological polar surface area (TPSA) is 89.5 Å². The van der Waals surface area contributed by atoms with Crippen molar-refractivity contribution in [3.05, 3.63) is 50.6 Å². The molecule has 0 amide bonds. The molecule has 3 rings (SSSR count). The smallest absolute Gasteiger partial charge is 0.353 e. The van der Waals surface area contributed by atoms with Gasteiger partial charge in [0.1, 0.15) is 0 Å². The van der Waals surface area contributed by atoms with Crippen molar-refractivity contribution in [2.24, 2.45) is 0 Å². The molecule has 0 N–H and O–H groups in total. The molecule has 0 atom stereocenters. The van der Waals surface area contributed by atoms with Crippen LogP contribution in [0, 0.1) is 20.2 Å². The van der Waals surface area contributed by atoms with E-state index >= 15 is 0 Å². The molecular weight excluding hydrogens is 274 g/mol. The van der Waals surface area contributed by atoms with E-state index in [9.17, 15) is 20.2 Å². The second-order valence-electron chi connectivity index (χ2n) is 5.02. The van der Waals surface area contributed by atoms with Crippen molar-refractivity contribution >= 4 is 27.8 Å². The number of benzene rings is 2. The van der Waals surface area contributed by atoms with E-state index in [1.54, 1.807) is 24.3 Å². The molecule has 0 bridgehead atoms. The predicted molar refractivity (Wildman–Crippen MR) is 78.7 cm³/mol. The van der Waals surface area contributed by atoms with Crippen molar-refractivity contribution in [1.82, 2.24) is 0 Å². The van der Waals surface area contributed by atoms with Crippen molar-refractivity contribution < 1.29 is 9.85 Å². The fourth-order valence-electron chi connectivity index (χ4n) is 2.88. The van der Waals surface area contributed by atoms with Gasteiger partial charge < -0.3 is 4.90 Å². The normalized spacial score (nSPS) is 14.6. The van der Waals surface area contributed by atoms with Crippen LogP contribution in [-0.4, -0.2) is 22.9 Å². The Balaban J connectivity index is 2.36. The summed E-state index contributed by atoms with van der Waals surface area (Å²) in [5.41, 5.74) is -0.167. The second kappa shape index (κ2) is 5.01. The summed E-state index contributed by atoms with van der Waals surface area (Å²) in [5, 5.41) is 23.5. The molecule has 0 aromatic heterocycles. The highest BCUT2D eigenvalue weighted by Crippen LogP contribution is 2.41. The molecule has 1 fully saturated rings. The lowest BCUT2D eigenvalue weighted by molar-refractivity contribution is -0.421. The fourth-order valence-corrected chi connectivity index (χ4v) is 2.88. The van der Waals surface area contributed by atoms with Gasteiger partial charge in [0.2, 0.25) is 0 Å². The lowest BCUT2D eigenvalue weighted by Gasteiger charge is -2.19. The maximum absolute atomic E-state index is 11.3. The van der Waals surface area contributed by atoms with Crippen LogP contribution in [0.3, 0.4) is 0 Å². The molecule has 108 valence electrons. The van der Waals surface area contributed by atoms with Crippen LogP contribution in [0.1, 0.15) is 12.8 Å². The van der Waals surface area contributed by atoms with Crippen LogP contribution >= 0.6 is 0 Å². The Labute approximate surface area is 120 Å². The maximum atomic E-state index is 11.3. The number of nitro groups is 2. The number of hydrogen-bond acceptors (Lipinski definition) is 5. The summed E-state index contributed by atoms with van der Waals surface area (Å²) in [4.78, 5) is 23.2. The van der Waals surface area contributed by atoms with Crippen LogP contribution in [-0.2, 0) is 0 Å². The zero-order valence-electron chi connectivity index (χ0n) is 11.2. The van der Waals surface area contributed by atoms with Gasteiger partial charge in [-0.15, -0.1) is 0 Å². The summed E-state index contributed by atoms with van der Waals surface area (Å²) in [6.45, 7) is 1.64. The van der Waals surface area contributed by atoms with Crippen molar-refractivity contribution in [2.75, 3.05) is 18.0 Å². The quantitative estimate of drug-likeness (QED) is 0.638. The minimum atomic E-state index is -0.676. The van der Waals surface area contributed by atoms with E-state index < -0.39 is 21.2 Å². The molecule has 1 heterocycles. The van der Waals surface area contributed by atoms with Gasteiger partial charge in [-0.1, -0.05) is 18.2 Å². The summed E-state index contributed by atoms with van der Waals surface area (Å²) >= 11 is 0. The van der Waals surface area contributed by atoms with Crippen molar-refractivity contribution in [3.63, 3.8) is 0 Å². The zero-order valence-corrected chi connectivity index (χ0v) is 11.2. The first-order valence-corrected chi connectivity index (χ1v) is 6.69. The number of hydrogen-bond donors (Lipinski definition) is 0. The van der Waals surface area contributed by atoms with E-state index in [0.717, 1.165) is 25.9 Å². The molecule has 7 heteroatoms. The number of nitro benzene ring substituents is 2. The standard InChI is InChI=1S/C14H13N3O4/c18-16(19)13-9-12(15-7-3-4-8-15)10-5-1-2-6-11(10)14(13)17(20)21/h1-2,5-6,9H,3-4,7-8H2. The predicted octanol–water partition coefficient (Wildman–Crippen LogP) is 3.26. The second-order valence-corrected chi connectivity index (χ2v) is 5.02.